The minimum atomic E-state index is -0.710. The number of nitrogens with one attached hydrogen (secondary N) is 2. The number of anilines is 1. The molecule has 0 aromatic heterocycles. The molecule has 1 fully saturated rings. The van der Waals surface area contributed by atoms with Gasteiger partial charge in [0.05, 0.1) is 12.6 Å². The highest BCUT2D eigenvalue weighted by Gasteiger charge is 2.21. The summed E-state index contributed by atoms with van der Waals surface area (Å²) in [6.07, 6.45) is -0.710. The minimum Gasteiger partial charge on any atom is -0.390 e. The van der Waals surface area contributed by atoms with E-state index in [-0.39, 0.29) is 18.4 Å². The van der Waals surface area contributed by atoms with E-state index in [0.29, 0.717) is 18.7 Å². The van der Waals surface area contributed by atoms with Gasteiger partial charge in [-0.3, -0.25) is 19.4 Å². The topological polar surface area (TPSA) is 84.9 Å². The first-order valence-corrected chi connectivity index (χ1v) is 10.8. The van der Waals surface area contributed by atoms with E-state index >= 15 is 0 Å². The highest BCUT2D eigenvalue weighted by molar-refractivity contribution is 5.94. The molecule has 1 heterocycles. The zero-order valence-corrected chi connectivity index (χ0v) is 18.6. The lowest BCUT2D eigenvalue weighted by atomic mass is 10.1. The molecule has 0 spiro atoms. The van der Waals surface area contributed by atoms with Crippen molar-refractivity contribution in [2.75, 3.05) is 51.1 Å². The van der Waals surface area contributed by atoms with Crippen LogP contribution in [0, 0.1) is 19.7 Å². The summed E-state index contributed by atoms with van der Waals surface area (Å²) in [4.78, 5) is 28.7. The summed E-state index contributed by atoms with van der Waals surface area (Å²) in [6.45, 7) is 7.78. The number of rotatable bonds is 8. The summed E-state index contributed by atoms with van der Waals surface area (Å²) in [7, 11) is 0. The molecule has 3 N–H and O–H groups in total. The highest BCUT2D eigenvalue weighted by atomic mass is 19.1. The van der Waals surface area contributed by atoms with E-state index < -0.39 is 11.9 Å². The summed E-state index contributed by atoms with van der Waals surface area (Å²) in [5, 5.41) is 16.0. The van der Waals surface area contributed by atoms with Gasteiger partial charge in [-0.1, -0.05) is 18.2 Å². The number of aliphatic hydroxyl groups is 1. The van der Waals surface area contributed by atoms with Gasteiger partial charge in [0.2, 0.25) is 5.91 Å². The molecule has 2 aromatic carbocycles. The number of piperazine rings is 1. The quantitative estimate of drug-likeness (QED) is 0.581. The van der Waals surface area contributed by atoms with Crippen LogP contribution in [0.5, 0.6) is 0 Å². The lowest BCUT2D eigenvalue weighted by Gasteiger charge is -2.35. The number of amides is 2. The number of carbonyl (C=O) groups is 2. The Labute approximate surface area is 188 Å². The number of carbonyl (C=O) groups excluding carboxylic acids is 2. The molecule has 0 radical (unpaired) electrons. The first-order chi connectivity index (χ1) is 15.3. The number of para-hydroxylation sites is 1. The smallest absolute Gasteiger partial charge is 0.251 e. The Hall–Kier alpha value is -2.81. The number of hydrogen-bond acceptors (Lipinski definition) is 5. The van der Waals surface area contributed by atoms with E-state index in [1.807, 2.05) is 32.0 Å². The predicted molar refractivity (Wildman–Crippen MR) is 122 cm³/mol. The number of nitrogens with zero attached hydrogens (tertiary/aromatic N) is 2. The van der Waals surface area contributed by atoms with E-state index in [4.69, 9.17) is 0 Å². The Morgan fingerprint density at radius 1 is 1.00 bits per heavy atom. The normalized spacial score (nSPS) is 15.9. The molecule has 2 amide bonds. The van der Waals surface area contributed by atoms with Gasteiger partial charge in [-0.25, -0.2) is 4.39 Å². The van der Waals surface area contributed by atoms with E-state index in [2.05, 4.69) is 20.4 Å². The van der Waals surface area contributed by atoms with Gasteiger partial charge in [-0.05, 0) is 49.2 Å². The molecule has 1 atom stereocenters. The summed E-state index contributed by atoms with van der Waals surface area (Å²) >= 11 is 0. The van der Waals surface area contributed by atoms with Crippen molar-refractivity contribution in [1.29, 1.82) is 0 Å². The van der Waals surface area contributed by atoms with Crippen molar-refractivity contribution < 1.29 is 19.1 Å². The third kappa shape index (κ3) is 6.85. The Kier molecular flexibility index (Phi) is 8.33. The molecule has 8 heteroatoms. The molecule has 3 rings (SSSR count). The van der Waals surface area contributed by atoms with Gasteiger partial charge in [0, 0.05) is 50.5 Å². The van der Waals surface area contributed by atoms with Crippen LogP contribution < -0.4 is 10.6 Å². The Morgan fingerprint density at radius 2 is 1.59 bits per heavy atom. The number of β-amino-alcohol motifs (C(OH)–C–C–N with tert-alkyl or cyclic N) is 1. The van der Waals surface area contributed by atoms with Crippen molar-refractivity contribution in [2.45, 2.75) is 20.0 Å². The van der Waals surface area contributed by atoms with Crippen molar-refractivity contribution in [3.05, 3.63) is 65.0 Å². The van der Waals surface area contributed by atoms with E-state index in [1.54, 1.807) is 0 Å². The molecule has 7 nitrogen and oxygen atoms in total. The second-order valence-corrected chi connectivity index (χ2v) is 8.26. The highest BCUT2D eigenvalue weighted by Crippen LogP contribution is 2.19. The molecule has 0 saturated carbocycles. The van der Waals surface area contributed by atoms with Crippen molar-refractivity contribution in [2.24, 2.45) is 0 Å². The van der Waals surface area contributed by atoms with Gasteiger partial charge in [0.1, 0.15) is 5.82 Å². The lowest BCUT2D eigenvalue weighted by molar-refractivity contribution is -0.117. The number of halogens is 1. The SMILES string of the molecule is Cc1cccc(C)c1NC(=O)CN1CCN(CC(O)CNC(=O)c2ccc(F)cc2)CC1. The zero-order valence-electron chi connectivity index (χ0n) is 18.6. The first kappa shape index (κ1) is 23.8. The van der Waals surface area contributed by atoms with Crippen LogP contribution in [0.4, 0.5) is 10.1 Å². The largest absolute Gasteiger partial charge is 0.390 e. The van der Waals surface area contributed by atoms with E-state index in [0.717, 1.165) is 43.0 Å². The molecular weight excluding hydrogens is 411 g/mol. The van der Waals surface area contributed by atoms with Gasteiger partial charge >= 0.3 is 0 Å². The molecule has 32 heavy (non-hydrogen) atoms. The maximum Gasteiger partial charge on any atom is 0.251 e. The Balaban J connectivity index is 1.36. The average Bonchev–Trinajstić information content (AvgIpc) is 2.76. The summed E-state index contributed by atoms with van der Waals surface area (Å²) < 4.78 is 12.9. The van der Waals surface area contributed by atoms with Gasteiger partial charge in [-0.2, -0.15) is 0 Å². The third-order valence-corrected chi connectivity index (χ3v) is 5.65. The van der Waals surface area contributed by atoms with Crippen LogP contribution in [0.3, 0.4) is 0 Å². The monoisotopic (exact) mass is 442 g/mol. The lowest BCUT2D eigenvalue weighted by Crippen LogP contribution is -2.51. The Morgan fingerprint density at radius 3 is 2.22 bits per heavy atom. The first-order valence-electron chi connectivity index (χ1n) is 10.8. The predicted octanol–water partition coefficient (Wildman–Crippen LogP) is 1.79. The maximum absolute atomic E-state index is 12.9. The fourth-order valence-electron chi connectivity index (χ4n) is 3.80. The molecule has 0 bridgehead atoms. The van der Waals surface area contributed by atoms with Crippen LogP contribution in [0.15, 0.2) is 42.5 Å². The molecule has 1 aliphatic heterocycles. The fraction of sp³-hybridized carbons (Fsp3) is 0.417. The van der Waals surface area contributed by atoms with E-state index in [1.165, 1.54) is 24.3 Å². The maximum atomic E-state index is 12.9. The standard InChI is InChI=1S/C24H31FN4O3/c1-17-4-3-5-18(2)23(17)27-22(31)16-29-12-10-28(11-13-29)15-21(30)14-26-24(32)19-6-8-20(25)9-7-19/h3-9,21,30H,10-16H2,1-2H3,(H,26,32)(H,27,31). The molecular formula is C24H31FN4O3. The number of aryl methyl sites for hydroxylation is 2. The number of aliphatic hydroxyl groups excluding tert-OH is 1. The van der Waals surface area contributed by atoms with Crippen LogP contribution in [0.2, 0.25) is 0 Å². The summed E-state index contributed by atoms with van der Waals surface area (Å²) in [5.41, 5.74) is 3.32. The molecule has 1 unspecified atom stereocenters. The average molecular weight is 443 g/mol. The van der Waals surface area contributed by atoms with Crippen molar-refractivity contribution >= 4 is 17.5 Å². The molecule has 1 aliphatic rings. The summed E-state index contributed by atoms with van der Waals surface area (Å²) in [6, 6.07) is 11.2. The van der Waals surface area contributed by atoms with E-state index in [9.17, 15) is 19.1 Å². The van der Waals surface area contributed by atoms with Crippen LogP contribution in [0.1, 0.15) is 21.5 Å². The molecule has 2 aromatic rings. The van der Waals surface area contributed by atoms with Crippen LogP contribution >= 0.6 is 0 Å². The van der Waals surface area contributed by atoms with Gasteiger partial charge in [0.15, 0.2) is 0 Å². The second-order valence-electron chi connectivity index (χ2n) is 8.26. The van der Waals surface area contributed by atoms with Crippen LogP contribution in [-0.4, -0.2) is 78.6 Å². The van der Waals surface area contributed by atoms with Crippen molar-refractivity contribution in [3.8, 4) is 0 Å². The van der Waals surface area contributed by atoms with Gasteiger partial charge < -0.3 is 15.7 Å². The van der Waals surface area contributed by atoms with Gasteiger partial charge in [0.25, 0.3) is 5.91 Å². The van der Waals surface area contributed by atoms with Crippen molar-refractivity contribution in [1.82, 2.24) is 15.1 Å². The number of hydrogen-bond donors (Lipinski definition) is 3. The summed E-state index contributed by atoms with van der Waals surface area (Å²) in [5.74, 6) is -0.772. The zero-order chi connectivity index (χ0) is 23.1. The van der Waals surface area contributed by atoms with Gasteiger partial charge in [-0.15, -0.1) is 0 Å². The second kappa shape index (κ2) is 11.2. The fourth-order valence-corrected chi connectivity index (χ4v) is 3.80. The molecule has 0 aliphatic carbocycles. The minimum absolute atomic E-state index is 0.0283. The molecule has 172 valence electrons. The van der Waals surface area contributed by atoms with Crippen LogP contribution in [0.25, 0.3) is 0 Å². The Bertz CT molecular complexity index is 907. The third-order valence-electron chi connectivity index (χ3n) is 5.65. The number of benzene rings is 2. The molecule has 1 saturated heterocycles. The van der Waals surface area contributed by atoms with Crippen LogP contribution in [-0.2, 0) is 4.79 Å². The van der Waals surface area contributed by atoms with Crippen molar-refractivity contribution in [3.63, 3.8) is 0 Å².